The van der Waals surface area contributed by atoms with E-state index in [-0.39, 0.29) is 18.3 Å². The van der Waals surface area contributed by atoms with Gasteiger partial charge in [0.15, 0.2) is 5.78 Å². The number of ether oxygens (including phenoxy) is 1. The Kier molecular flexibility index (Phi) is 8.49. The summed E-state index contributed by atoms with van der Waals surface area (Å²) in [5.41, 5.74) is 0.338. The van der Waals surface area contributed by atoms with Crippen LogP contribution in [0.25, 0.3) is 0 Å². The number of ketones is 1. The number of hydrogen-bond acceptors (Lipinski definition) is 6. The highest BCUT2D eigenvalue weighted by Crippen LogP contribution is 2.57. The van der Waals surface area contributed by atoms with Gasteiger partial charge in [-0.3, -0.25) is 14.4 Å². The molecule has 0 radical (unpaired) electrons. The van der Waals surface area contributed by atoms with E-state index in [9.17, 15) is 24.3 Å². The third-order valence-corrected chi connectivity index (χ3v) is 8.68. The number of aryl methyl sites for hydroxylation is 2. The number of hydrogen-bond donors (Lipinski definition) is 2. The fourth-order valence-electron chi connectivity index (χ4n) is 5.85. The molecule has 8 nitrogen and oxygen atoms in total. The Hall–Kier alpha value is -3.53. The van der Waals surface area contributed by atoms with Crippen molar-refractivity contribution in [2.75, 3.05) is 19.0 Å². The van der Waals surface area contributed by atoms with Crippen molar-refractivity contribution in [1.29, 1.82) is 0 Å². The average molecular weight is 583 g/mol. The molecule has 0 saturated carbocycles. The molecule has 1 aliphatic rings. The van der Waals surface area contributed by atoms with Crippen LogP contribution in [-0.2, 0) is 19.1 Å². The molecular weight excluding hydrogens is 552 g/mol. The van der Waals surface area contributed by atoms with Gasteiger partial charge in [0.1, 0.15) is 12.1 Å². The lowest BCUT2D eigenvalue weighted by molar-refractivity contribution is -0.159. The molecule has 2 heterocycles. The molecular formula is C30H31ClN2O6S. The zero-order valence-corrected chi connectivity index (χ0v) is 24.4. The summed E-state index contributed by atoms with van der Waals surface area (Å²) in [5, 5.41) is 14.0. The summed E-state index contributed by atoms with van der Waals surface area (Å²) in [6.07, 6.45) is 0. The quantitative estimate of drug-likeness (QED) is 0.333. The summed E-state index contributed by atoms with van der Waals surface area (Å²) in [6, 6.07) is 14.4. The second-order valence-electron chi connectivity index (χ2n) is 10.1. The third kappa shape index (κ3) is 5.29. The fourth-order valence-corrected chi connectivity index (χ4v) is 6.90. The largest absolute Gasteiger partial charge is 0.479 e. The SMILES string of the molecule is COCC(=O)N1C(c2ccc(Cl)cc2)C(C(=O)c2cc(C)sc2C)C(c2ccc(NC(C)=O)cc2)C1(C)C(=O)O. The maximum atomic E-state index is 14.5. The molecule has 2 aromatic carbocycles. The molecule has 0 aliphatic carbocycles. The molecule has 1 saturated heterocycles. The van der Waals surface area contributed by atoms with Crippen molar-refractivity contribution in [2.45, 2.75) is 45.2 Å². The lowest BCUT2D eigenvalue weighted by atomic mass is 9.71. The summed E-state index contributed by atoms with van der Waals surface area (Å²) in [4.78, 5) is 56.1. The van der Waals surface area contributed by atoms with Gasteiger partial charge in [-0.2, -0.15) is 0 Å². The normalized spacial score (nSPS) is 22.2. The van der Waals surface area contributed by atoms with E-state index in [1.54, 1.807) is 48.5 Å². The molecule has 4 atom stereocenters. The van der Waals surface area contributed by atoms with Gasteiger partial charge in [-0.15, -0.1) is 11.3 Å². The van der Waals surface area contributed by atoms with Gasteiger partial charge in [-0.05, 0) is 62.2 Å². The van der Waals surface area contributed by atoms with Crippen molar-refractivity contribution < 1.29 is 29.0 Å². The van der Waals surface area contributed by atoms with Gasteiger partial charge in [0.2, 0.25) is 11.8 Å². The summed E-state index contributed by atoms with van der Waals surface area (Å²) in [5.74, 6) is -4.20. The monoisotopic (exact) mass is 582 g/mol. The molecule has 4 unspecified atom stereocenters. The summed E-state index contributed by atoms with van der Waals surface area (Å²) in [7, 11) is 1.36. The number of carbonyl (C=O) groups is 4. The number of aliphatic carboxylic acids is 1. The van der Waals surface area contributed by atoms with Gasteiger partial charge in [-0.1, -0.05) is 35.9 Å². The van der Waals surface area contributed by atoms with Crippen molar-refractivity contribution in [3.05, 3.63) is 86.1 Å². The van der Waals surface area contributed by atoms with Crippen LogP contribution in [0, 0.1) is 19.8 Å². The van der Waals surface area contributed by atoms with Gasteiger partial charge in [0.25, 0.3) is 0 Å². The van der Waals surface area contributed by atoms with Crippen LogP contribution in [0.1, 0.15) is 57.0 Å². The molecule has 1 aromatic heterocycles. The topological polar surface area (TPSA) is 113 Å². The summed E-state index contributed by atoms with van der Waals surface area (Å²) < 4.78 is 5.16. The van der Waals surface area contributed by atoms with Gasteiger partial charge < -0.3 is 20.1 Å². The number of nitrogens with one attached hydrogen (secondary N) is 1. The molecule has 0 bridgehead atoms. The first kappa shape index (κ1) is 29.5. The average Bonchev–Trinajstić information content (AvgIpc) is 3.38. The second-order valence-corrected chi connectivity index (χ2v) is 12.0. The number of halogens is 1. The summed E-state index contributed by atoms with van der Waals surface area (Å²) in [6.45, 7) is 6.28. The van der Waals surface area contributed by atoms with Crippen LogP contribution in [0.5, 0.6) is 0 Å². The van der Waals surface area contributed by atoms with E-state index in [2.05, 4.69) is 5.32 Å². The van der Waals surface area contributed by atoms with Crippen LogP contribution in [-0.4, -0.2) is 52.8 Å². The first-order valence-electron chi connectivity index (χ1n) is 12.7. The van der Waals surface area contributed by atoms with Crippen molar-refractivity contribution in [2.24, 2.45) is 5.92 Å². The number of thiophene rings is 1. The molecule has 10 heteroatoms. The van der Waals surface area contributed by atoms with Crippen LogP contribution < -0.4 is 5.32 Å². The zero-order valence-electron chi connectivity index (χ0n) is 22.9. The van der Waals surface area contributed by atoms with Crippen LogP contribution >= 0.6 is 22.9 Å². The van der Waals surface area contributed by atoms with Crippen LogP contribution in [0.2, 0.25) is 5.02 Å². The van der Waals surface area contributed by atoms with Gasteiger partial charge in [0, 0.05) is 46.0 Å². The smallest absolute Gasteiger partial charge is 0.330 e. The molecule has 2 amide bonds. The fraction of sp³-hybridized carbons (Fsp3) is 0.333. The van der Waals surface area contributed by atoms with Crippen molar-refractivity contribution >= 4 is 52.2 Å². The van der Waals surface area contributed by atoms with Crippen LogP contribution in [0.15, 0.2) is 54.6 Å². The number of carboxylic acid groups (broad SMARTS) is 1. The maximum absolute atomic E-state index is 14.5. The Bertz CT molecular complexity index is 1450. The number of methoxy groups -OCH3 is 1. The highest BCUT2D eigenvalue weighted by molar-refractivity contribution is 7.12. The number of likely N-dealkylation sites (tertiary alicyclic amines) is 1. The standard InChI is InChI=1S/C30H31ClN2O6S/c1-16-14-23(17(2)40-16)28(36)25-26(19-8-12-22(13-9-19)32-18(3)34)30(4,29(37)38)33(24(35)15-39-5)27(25)20-6-10-21(31)11-7-20/h6-14,25-27H,15H2,1-5H3,(H,32,34)(H,37,38). The number of Topliss-reactive ketones (excluding diaryl/α,β-unsaturated/α-hetero) is 1. The Morgan fingerprint density at radius 2 is 1.65 bits per heavy atom. The van der Waals surface area contributed by atoms with Crippen molar-refractivity contribution in [3.63, 3.8) is 0 Å². The second kappa shape index (κ2) is 11.5. The lowest BCUT2D eigenvalue weighted by Gasteiger charge is -2.37. The van der Waals surface area contributed by atoms with Crippen molar-refractivity contribution in [3.8, 4) is 0 Å². The van der Waals surface area contributed by atoms with E-state index in [1.807, 2.05) is 19.9 Å². The Labute approximate surface area is 241 Å². The van der Waals surface area contributed by atoms with E-state index in [1.165, 1.54) is 37.2 Å². The Morgan fingerprint density at radius 1 is 1.05 bits per heavy atom. The predicted molar refractivity (Wildman–Crippen MR) is 154 cm³/mol. The first-order valence-corrected chi connectivity index (χ1v) is 13.9. The highest BCUT2D eigenvalue weighted by atomic mass is 35.5. The molecule has 210 valence electrons. The van der Waals surface area contributed by atoms with E-state index >= 15 is 0 Å². The van der Waals surface area contributed by atoms with Gasteiger partial charge in [-0.25, -0.2) is 4.79 Å². The number of rotatable bonds is 8. The minimum absolute atomic E-state index is 0.250. The summed E-state index contributed by atoms with van der Waals surface area (Å²) >= 11 is 7.66. The molecule has 4 rings (SSSR count). The molecule has 3 aromatic rings. The minimum atomic E-state index is -1.82. The number of carboxylic acids is 1. The number of benzene rings is 2. The number of amides is 2. The number of nitrogens with zero attached hydrogens (tertiary/aromatic N) is 1. The molecule has 2 N–H and O–H groups in total. The molecule has 0 spiro atoms. The molecule has 1 aliphatic heterocycles. The number of anilines is 1. The Morgan fingerprint density at radius 3 is 2.15 bits per heavy atom. The van der Waals surface area contributed by atoms with E-state index in [4.69, 9.17) is 16.3 Å². The highest BCUT2D eigenvalue weighted by Gasteiger charge is 2.64. The number of carbonyl (C=O) groups excluding carboxylic acids is 3. The van der Waals surface area contributed by atoms with E-state index in [0.29, 0.717) is 27.4 Å². The molecule has 1 fully saturated rings. The van der Waals surface area contributed by atoms with E-state index < -0.39 is 35.3 Å². The Balaban J connectivity index is 2.02. The van der Waals surface area contributed by atoms with Crippen LogP contribution in [0.4, 0.5) is 5.69 Å². The van der Waals surface area contributed by atoms with E-state index in [0.717, 1.165) is 9.75 Å². The molecule has 40 heavy (non-hydrogen) atoms. The first-order chi connectivity index (χ1) is 18.9. The van der Waals surface area contributed by atoms with Gasteiger partial charge >= 0.3 is 5.97 Å². The predicted octanol–water partition coefficient (Wildman–Crippen LogP) is 5.63. The minimum Gasteiger partial charge on any atom is -0.479 e. The maximum Gasteiger partial charge on any atom is 0.330 e. The third-order valence-electron chi connectivity index (χ3n) is 7.46. The zero-order chi connectivity index (χ0) is 29.4. The lowest BCUT2D eigenvalue weighted by Crippen LogP contribution is -2.55. The van der Waals surface area contributed by atoms with Crippen LogP contribution in [0.3, 0.4) is 0 Å². The van der Waals surface area contributed by atoms with Crippen molar-refractivity contribution in [1.82, 2.24) is 4.90 Å². The van der Waals surface area contributed by atoms with Gasteiger partial charge in [0.05, 0.1) is 12.0 Å².